The first-order chi connectivity index (χ1) is 9.19. The van der Waals surface area contributed by atoms with E-state index in [1.165, 1.54) is 18.7 Å². The monoisotopic (exact) mass is 261 g/mol. The summed E-state index contributed by atoms with van der Waals surface area (Å²) >= 11 is 0. The van der Waals surface area contributed by atoms with Gasteiger partial charge in [0.2, 0.25) is 0 Å². The average molecular weight is 261 g/mol. The van der Waals surface area contributed by atoms with E-state index in [2.05, 4.69) is 59.4 Å². The van der Waals surface area contributed by atoms with Gasteiger partial charge in [-0.25, -0.2) is 0 Å². The molecule has 2 unspecified atom stereocenters. The maximum absolute atomic E-state index is 3.33. The second-order valence-electron chi connectivity index (χ2n) is 5.94. The average Bonchev–Trinajstić information content (AvgIpc) is 2.50. The highest BCUT2D eigenvalue weighted by atomic mass is 15.2. The second-order valence-corrected chi connectivity index (χ2v) is 5.94. The van der Waals surface area contributed by atoms with Crippen molar-refractivity contribution in [3.63, 3.8) is 0 Å². The molecule has 3 nitrogen and oxygen atoms in total. The van der Waals surface area contributed by atoms with Crippen LogP contribution < -0.4 is 5.32 Å². The Hall–Kier alpha value is -0.900. The molecule has 1 N–H and O–H groups in total. The number of likely N-dealkylation sites (N-methyl/N-ethyl adjacent to an activating group) is 2. The van der Waals surface area contributed by atoms with Gasteiger partial charge in [-0.3, -0.25) is 4.90 Å². The van der Waals surface area contributed by atoms with Gasteiger partial charge in [-0.15, -0.1) is 0 Å². The van der Waals surface area contributed by atoms with Crippen LogP contribution in [0.5, 0.6) is 0 Å². The molecule has 1 fully saturated rings. The Bertz CT molecular complexity index is 366. The van der Waals surface area contributed by atoms with Crippen molar-refractivity contribution in [3.8, 4) is 0 Å². The standard InChI is InChI=1S/C16H27N3/c1-14-10-18(3)16(9-17-2)13-19(11-14)12-15-7-5-4-6-8-15/h4-8,14,16-17H,9-13H2,1-3H3. The summed E-state index contributed by atoms with van der Waals surface area (Å²) in [4.78, 5) is 5.11. The molecule has 1 heterocycles. The number of nitrogens with zero attached hydrogens (tertiary/aromatic N) is 2. The first kappa shape index (κ1) is 14.5. The molecular formula is C16H27N3. The third-order valence-electron chi connectivity index (χ3n) is 3.95. The van der Waals surface area contributed by atoms with E-state index >= 15 is 0 Å². The van der Waals surface area contributed by atoms with E-state index in [1.807, 2.05) is 7.05 Å². The van der Waals surface area contributed by atoms with Crippen molar-refractivity contribution < 1.29 is 0 Å². The molecule has 0 saturated carbocycles. The second kappa shape index (κ2) is 7.04. The van der Waals surface area contributed by atoms with E-state index in [1.54, 1.807) is 0 Å². The normalized spacial score (nSPS) is 26.3. The maximum atomic E-state index is 3.33. The van der Waals surface area contributed by atoms with Crippen molar-refractivity contribution in [2.45, 2.75) is 19.5 Å². The maximum Gasteiger partial charge on any atom is 0.0344 e. The van der Waals surface area contributed by atoms with E-state index in [0.717, 1.165) is 25.6 Å². The Morgan fingerprint density at radius 1 is 1.16 bits per heavy atom. The molecule has 0 aromatic heterocycles. The molecular weight excluding hydrogens is 234 g/mol. The van der Waals surface area contributed by atoms with Crippen LogP contribution in [0, 0.1) is 5.92 Å². The minimum Gasteiger partial charge on any atom is -0.318 e. The van der Waals surface area contributed by atoms with Crippen LogP contribution in [0.4, 0.5) is 0 Å². The molecule has 0 amide bonds. The van der Waals surface area contributed by atoms with Crippen LogP contribution in [0.1, 0.15) is 12.5 Å². The van der Waals surface area contributed by atoms with E-state index in [0.29, 0.717) is 6.04 Å². The summed E-state index contributed by atoms with van der Waals surface area (Å²) in [5.41, 5.74) is 1.42. The van der Waals surface area contributed by atoms with Crippen molar-refractivity contribution in [1.82, 2.24) is 15.1 Å². The molecule has 2 atom stereocenters. The predicted molar refractivity (Wildman–Crippen MR) is 81.2 cm³/mol. The van der Waals surface area contributed by atoms with Gasteiger partial charge in [0, 0.05) is 38.8 Å². The van der Waals surface area contributed by atoms with Crippen molar-refractivity contribution in [1.29, 1.82) is 0 Å². The third-order valence-corrected chi connectivity index (χ3v) is 3.95. The van der Waals surface area contributed by atoms with Crippen LogP contribution in [0.15, 0.2) is 30.3 Å². The van der Waals surface area contributed by atoms with E-state index in [9.17, 15) is 0 Å². The molecule has 0 spiro atoms. The third kappa shape index (κ3) is 4.30. The van der Waals surface area contributed by atoms with Crippen LogP contribution >= 0.6 is 0 Å². The van der Waals surface area contributed by atoms with E-state index in [-0.39, 0.29) is 0 Å². The summed E-state index contributed by atoms with van der Waals surface area (Å²) in [7, 11) is 4.30. The van der Waals surface area contributed by atoms with Gasteiger partial charge in [0.1, 0.15) is 0 Å². The Labute approximate surface area is 117 Å². The quantitative estimate of drug-likeness (QED) is 0.889. The number of hydrogen-bond acceptors (Lipinski definition) is 3. The molecule has 1 aromatic rings. The number of hydrogen-bond donors (Lipinski definition) is 1. The van der Waals surface area contributed by atoms with Crippen molar-refractivity contribution in [2.24, 2.45) is 5.92 Å². The van der Waals surface area contributed by atoms with Crippen LogP contribution in [0.25, 0.3) is 0 Å². The molecule has 0 radical (unpaired) electrons. The fourth-order valence-corrected chi connectivity index (χ4v) is 3.08. The summed E-state index contributed by atoms with van der Waals surface area (Å²) in [6.45, 7) is 8.03. The van der Waals surface area contributed by atoms with Gasteiger partial charge in [0.05, 0.1) is 0 Å². The van der Waals surface area contributed by atoms with Crippen LogP contribution in [-0.4, -0.2) is 56.1 Å². The van der Waals surface area contributed by atoms with E-state index < -0.39 is 0 Å². The van der Waals surface area contributed by atoms with Gasteiger partial charge in [0.25, 0.3) is 0 Å². The lowest BCUT2D eigenvalue weighted by Gasteiger charge is -2.28. The number of benzene rings is 1. The molecule has 1 aromatic carbocycles. The van der Waals surface area contributed by atoms with Gasteiger partial charge < -0.3 is 10.2 Å². The lowest BCUT2D eigenvalue weighted by molar-refractivity contribution is 0.201. The summed E-state index contributed by atoms with van der Waals surface area (Å²) in [6, 6.07) is 11.4. The first-order valence-electron chi connectivity index (χ1n) is 7.30. The highest BCUT2D eigenvalue weighted by Crippen LogP contribution is 2.15. The Kier molecular flexibility index (Phi) is 5.37. The number of rotatable bonds is 4. The molecule has 3 heteroatoms. The summed E-state index contributed by atoms with van der Waals surface area (Å²) in [5.74, 6) is 0.732. The van der Waals surface area contributed by atoms with Gasteiger partial charge in [-0.2, -0.15) is 0 Å². The zero-order chi connectivity index (χ0) is 13.7. The Balaban J connectivity index is 2.02. The fourth-order valence-electron chi connectivity index (χ4n) is 3.08. The minimum atomic E-state index is 0.610. The van der Waals surface area contributed by atoms with Crippen molar-refractivity contribution >= 4 is 0 Å². The lowest BCUT2D eigenvalue weighted by atomic mass is 10.1. The predicted octanol–water partition coefficient (Wildman–Crippen LogP) is 1.66. The fraction of sp³-hybridized carbons (Fsp3) is 0.625. The zero-order valence-corrected chi connectivity index (χ0v) is 12.5. The minimum absolute atomic E-state index is 0.610. The van der Waals surface area contributed by atoms with Crippen molar-refractivity contribution in [2.75, 3.05) is 40.3 Å². The first-order valence-corrected chi connectivity index (χ1v) is 7.30. The number of nitrogens with one attached hydrogen (secondary N) is 1. The van der Waals surface area contributed by atoms with Gasteiger partial charge in [0.15, 0.2) is 0 Å². The van der Waals surface area contributed by atoms with Crippen LogP contribution in [-0.2, 0) is 6.54 Å². The van der Waals surface area contributed by atoms with Crippen LogP contribution in [0.3, 0.4) is 0 Å². The zero-order valence-electron chi connectivity index (χ0n) is 12.5. The molecule has 1 saturated heterocycles. The van der Waals surface area contributed by atoms with Gasteiger partial charge in [-0.1, -0.05) is 37.3 Å². The van der Waals surface area contributed by atoms with E-state index in [4.69, 9.17) is 0 Å². The smallest absolute Gasteiger partial charge is 0.0344 e. The highest BCUT2D eigenvalue weighted by Gasteiger charge is 2.25. The summed E-state index contributed by atoms with van der Waals surface area (Å²) < 4.78 is 0. The van der Waals surface area contributed by atoms with Gasteiger partial charge >= 0.3 is 0 Å². The highest BCUT2D eigenvalue weighted by molar-refractivity contribution is 5.14. The summed E-state index contributed by atoms with van der Waals surface area (Å²) in [6.07, 6.45) is 0. The molecule has 0 aliphatic carbocycles. The molecule has 1 aliphatic heterocycles. The molecule has 106 valence electrons. The largest absolute Gasteiger partial charge is 0.318 e. The molecule has 19 heavy (non-hydrogen) atoms. The molecule has 1 aliphatic rings. The Morgan fingerprint density at radius 2 is 1.89 bits per heavy atom. The molecule has 2 rings (SSSR count). The topological polar surface area (TPSA) is 18.5 Å². The molecule has 0 bridgehead atoms. The van der Waals surface area contributed by atoms with Crippen LogP contribution in [0.2, 0.25) is 0 Å². The lowest BCUT2D eigenvalue weighted by Crippen LogP contribution is -2.44. The van der Waals surface area contributed by atoms with Crippen molar-refractivity contribution in [3.05, 3.63) is 35.9 Å². The van der Waals surface area contributed by atoms with Gasteiger partial charge in [-0.05, 0) is 25.6 Å². The SMILES string of the molecule is CNCC1CN(Cc2ccccc2)CC(C)CN1C. The summed E-state index contributed by atoms with van der Waals surface area (Å²) in [5, 5.41) is 3.33. The Morgan fingerprint density at radius 3 is 2.58 bits per heavy atom.